The fourth-order valence-electron chi connectivity index (χ4n) is 3.86. The van der Waals surface area contributed by atoms with E-state index in [2.05, 4.69) is 15.3 Å². The van der Waals surface area contributed by atoms with Gasteiger partial charge >= 0.3 is 0 Å². The number of halogens is 1. The van der Waals surface area contributed by atoms with E-state index in [0.717, 1.165) is 18.5 Å². The van der Waals surface area contributed by atoms with Crippen molar-refractivity contribution in [3.8, 4) is 0 Å². The number of H-pyrrole nitrogens is 1. The topological polar surface area (TPSA) is 83.0 Å². The summed E-state index contributed by atoms with van der Waals surface area (Å²) in [5.41, 5.74) is 2.95. The summed E-state index contributed by atoms with van der Waals surface area (Å²) < 4.78 is 2.02. The average Bonchev–Trinajstić information content (AvgIpc) is 3.20. The van der Waals surface area contributed by atoms with E-state index in [1.54, 1.807) is 11.0 Å². The van der Waals surface area contributed by atoms with Crippen molar-refractivity contribution in [1.29, 1.82) is 0 Å². The first kappa shape index (κ1) is 17.3. The number of carbonyl (C=O) groups is 2. The molecule has 0 radical (unpaired) electrons. The summed E-state index contributed by atoms with van der Waals surface area (Å²) in [6.07, 6.45) is 2.11. The minimum absolute atomic E-state index is 0.0346. The van der Waals surface area contributed by atoms with Gasteiger partial charge in [-0.3, -0.25) is 9.59 Å². The number of hydrogen-bond acceptors (Lipinski definition) is 3. The van der Waals surface area contributed by atoms with Crippen molar-refractivity contribution >= 4 is 34.4 Å². The van der Waals surface area contributed by atoms with Gasteiger partial charge in [0, 0.05) is 24.8 Å². The summed E-state index contributed by atoms with van der Waals surface area (Å²) in [5, 5.41) is 3.57. The Hall–Kier alpha value is -2.80. The van der Waals surface area contributed by atoms with Gasteiger partial charge in [-0.25, -0.2) is 4.98 Å². The molecule has 1 atom stereocenters. The second kappa shape index (κ2) is 6.38. The minimum Gasteiger partial charge on any atom is -0.348 e. The maximum Gasteiger partial charge on any atom is 0.290 e. The van der Waals surface area contributed by atoms with Crippen molar-refractivity contribution in [1.82, 2.24) is 24.8 Å². The number of amides is 2. The Morgan fingerprint density at radius 1 is 1.21 bits per heavy atom. The Labute approximate surface area is 166 Å². The minimum atomic E-state index is -0.170. The third-order valence-corrected chi connectivity index (χ3v) is 5.87. The number of hydrogen-bond donors (Lipinski definition) is 2. The van der Waals surface area contributed by atoms with Crippen LogP contribution in [0.5, 0.6) is 0 Å². The Morgan fingerprint density at radius 3 is 2.79 bits per heavy atom. The van der Waals surface area contributed by atoms with Crippen molar-refractivity contribution in [2.45, 2.75) is 38.4 Å². The molecule has 3 aromatic rings. The van der Waals surface area contributed by atoms with Crippen LogP contribution >= 0.6 is 11.6 Å². The van der Waals surface area contributed by atoms with Gasteiger partial charge in [-0.1, -0.05) is 17.7 Å². The van der Waals surface area contributed by atoms with E-state index in [9.17, 15) is 9.59 Å². The number of nitrogens with zero attached hydrogens (tertiary/aromatic N) is 3. The summed E-state index contributed by atoms with van der Waals surface area (Å²) in [6.45, 7) is 3.06. The second-order valence-electron chi connectivity index (χ2n) is 7.44. The summed E-state index contributed by atoms with van der Waals surface area (Å²) in [4.78, 5) is 34.8. The zero-order valence-corrected chi connectivity index (χ0v) is 16.2. The molecule has 7 nitrogen and oxygen atoms in total. The molecule has 1 aliphatic carbocycles. The molecule has 1 aliphatic heterocycles. The third kappa shape index (κ3) is 2.77. The van der Waals surface area contributed by atoms with Crippen molar-refractivity contribution < 1.29 is 9.59 Å². The molecule has 1 unspecified atom stereocenters. The zero-order chi connectivity index (χ0) is 19.4. The molecule has 144 valence electrons. The Kier molecular flexibility index (Phi) is 3.94. The molecule has 0 spiro atoms. The number of fused-ring (bicyclic) bond motifs is 2. The molecule has 1 aromatic carbocycles. The van der Waals surface area contributed by atoms with Crippen LogP contribution in [0.15, 0.2) is 30.3 Å². The quantitative estimate of drug-likeness (QED) is 0.712. The van der Waals surface area contributed by atoms with Crippen LogP contribution in [0.3, 0.4) is 0 Å². The van der Waals surface area contributed by atoms with Crippen molar-refractivity contribution in [3.05, 3.63) is 52.6 Å². The highest BCUT2D eigenvalue weighted by atomic mass is 35.5. The zero-order valence-electron chi connectivity index (χ0n) is 15.4. The monoisotopic (exact) mass is 397 g/mol. The third-order valence-electron chi connectivity index (χ3n) is 5.55. The number of aromatic amines is 1. The first-order chi connectivity index (χ1) is 13.5. The largest absolute Gasteiger partial charge is 0.348 e. The number of rotatable bonds is 3. The number of carbonyl (C=O) groups excluding carboxylic acids is 2. The molecular weight excluding hydrogens is 378 g/mol. The Morgan fingerprint density at radius 2 is 2.04 bits per heavy atom. The molecule has 2 aliphatic rings. The summed E-state index contributed by atoms with van der Waals surface area (Å²) in [5.74, 6) is 0.0745. The predicted octanol–water partition coefficient (Wildman–Crippen LogP) is 3.13. The Bertz CT molecular complexity index is 1100. The molecule has 0 saturated heterocycles. The summed E-state index contributed by atoms with van der Waals surface area (Å²) in [6, 6.07) is 9.33. The van der Waals surface area contributed by atoms with E-state index in [4.69, 9.17) is 11.6 Å². The van der Waals surface area contributed by atoms with Crippen molar-refractivity contribution in [3.63, 3.8) is 0 Å². The standard InChI is InChI=1S/C20H20ClN5O2/c1-11-15-7-8-16(19(27)22-12-5-6-12)26(15)10-9-25(11)20(28)18-23-14-4-2-3-13(21)17(14)24-18/h2-4,7-8,11-12H,5-6,9-10H2,1H3,(H,22,27)(H,23,24). The van der Waals surface area contributed by atoms with Crippen molar-refractivity contribution in [2.24, 2.45) is 0 Å². The highest BCUT2D eigenvalue weighted by molar-refractivity contribution is 6.35. The fourth-order valence-corrected chi connectivity index (χ4v) is 4.07. The molecule has 1 saturated carbocycles. The lowest BCUT2D eigenvalue weighted by atomic mass is 10.1. The van der Waals surface area contributed by atoms with Gasteiger partial charge in [-0.2, -0.15) is 0 Å². The molecule has 2 amide bonds. The van der Waals surface area contributed by atoms with Gasteiger partial charge in [-0.05, 0) is 44.0 Å². The lowest BCUT2D eigenvalue weighted by Gasteiger charge is -2.35. The van der Waals surface area contributed by atoms with Crippen LogP contribution in [0, 0.1) is 0 Å². The van der Waals surface area contributed by atoms with E-state index in [0.29, 0.717) is 40.9 Å². The second-order valence-corrected chi connectivity index (χ2v) is 7.84. The van der Waals surface area contributed by atoms with E-state index < -0.39 is 0 Å². The SMILES string of the molecule is CC1c2ccc(C(=O)NC3CC3)n2CCN1C(=O)c1nc2cccc(Cl)c2[nH]1. The molecule has 3 heterocycles. The molecule has 5 rings (SSSR count). The highest BCUT2D eigenvalue weighted by Crippen LogP contribution is 2.30. The first-order valence-corrected chi connectivity index (χ1v) is 9.86. The number of imidazole rings is 1. The van der Waals surface area contributed by atoms with Gasteiger partial charge in [0.05, 0.1) is 22.1 Å². The van der Waals surface area contributed by atoms with E-state index in [1.807, 2.05) is 35.8 Å². The Balaban J connectivity index is 1.41. The molecular formula is C20H20ClN5O2. The number of benzene rings is 1. The normalized spacial score (nSPS) is 18.9. The van der Waals surface area contributed by atoms with Crippen LogP contribution in [0.2, 0.25) is 5.02 Å². The van der Waals surface area contributed by atoms with E-state index >= 15 is 0 Å². The van der Waals surface area contributed by atoms with Gasteiger partial charge in [0.1, 0.15) is 5.69 Å². The first-order valence-electron chi connectivity index (χ1n) is 9.48. The van der Waals surface area contributed by atoms with Crippen LogP contribution in [-0.2, 0) is 6.54 Å². The molecule has 28 heavy (non-hydrogen) atoms. The highest BCUT2D eigenvalue weighted by Gasteiger charge is 2.33. The van der Waals surface area contributed by atoms with Crippen molar-refractivity contribution in [2.75, 3.05) is 6.54 Å². The number of nitrogens with one attached hydrogen (secondary N) is 2. The van der Waals surface area contributed by atoms with Crippen LogP contribution in [0.4, 0.5) is 0 Å². The van der Waals surface area contributed by atoms with Crippen LogP contribution in [0.1, 0.15) is 52.6 Å². The van der Waals surface area contributed by atoms with Gasteiger partial charge in [0.15, 0.2) is 5.82 Å². The molecule has 8 heteroatoms. The fraction of sp³-hybridized carbons (Fsp3) is 0.350. The molecule has 2 aromatic heterocycles. The van der Waals surface area contributed by atoms with Crippen LogP contribution < -0.4 is 5.32 Å². The molecule has 1 fully saturated rings. The maximum absolute atomic E-state index is 13.1. The summed E-state index contributed by atoms with van der Waals surface area (Å²) in [7, 11) is 0. The van der Waals surface area contributed by atoms with Gasteiger partial charge in [-0.15, -0.1) is 0 Å². The predicted molar refractivity (Wildman–Crippen MR) is 105 cm³/mol. The smallest absolute Gasteiger partial charge is 0.290 e. The van der Waals surface area contributed by atoms with Gasteiger partial charge in [0.2, 0.25) is 0 Å². The molecule has 0 bridgehead atoms. The number of para-hydroxylation sites is 1. The summed E-state index contributed by atoms with van der Waals surface area (Å²) >= 11 is 6.19. The lowest BCUT2D eigenvalue weighted by molar-refractivity contribution is 0.0631. The lowest BCUT2D eigenvalue weighted by Crippen LogP contribution is -2.42. The van der Waals surface area contributed by atoms with Crippen LogP contribution in [-0.4, -0.2) is 43.8 Å². The van der Waals surface area contributed by atoms with Gasteiger partial charge in [0.25, 0.3) is 11.8 Å². The average molecular weight is 398 g/mol. The van der Waals surface area contributed by atoms with E-state index in [-0.39, 0.29) is 23.7 Å². The van der Waals surface area contributed by atoms with Gasteiger partial charge < -0.3 is 19.8 Å². The van der Waals surface area contributed by atoms with Crippen LogP contribution in [0.25, 0.3) is 11.0 Å². The number of aromatic nitrogens is 3. The van der Waals surface area contributed by atoms with E-state index in [1.165, 1.54) is 0 Å². The maximum atomic E-state index is 13.1. The molecule has 2 N–H and O–H groups in total.